The van der Waals surface area contributed by atoms with Gasteiger partial charge in [0.2, 0.25) is 0 Å². The molecule has 0 aromatic heterocycles. The molecule has 0 bridgehead atoms. The summed E-state index contributed by atoms with van der Waals surface area (Å²) >= 11 is 11.5. The SMILES string of the molecule is O=C(O)COCC(=O)c1cc(Cl)ccc1Cl. The fourth-order valence-electron chi connectivity index (χ4n) is 1.02. The van der Waals surface area contributed by atoms with Crippen LogP contribution in [0.4, 0.5) is 0 Å². The molecule has 6 heteroatoms. The molecular formula is C10H8Cl2O4. The second-order valence-electron chi connectivity index (χ2n) is 2.93. The predicted octanol–water partition coefficient (Wildman–Crippen LogP) is 2.28. The van der Waals surface area contributed by atoms with Gasteiger partial charge in [-0.3, -0.25) is 4.79 Å². The zero-order valence-corrected chi connectivity index (χ0v) is 9.59. The van der Waals surface area contributed by atoms with Crippen molar-refractivity contribution >= 4 is 35.0 Å². The van der Waals surface area contributed by atoms with E-state index in [-0.39, 0.29) is 17.2 Å². The third-order valence-electron chi connectivity index (χ3n) is 1.69. The third-order valence-corrected chi connectivity index (χ3v) is 2.25. The smallest absolute Gasteiger partial charge is 0.329 e. The Morgan fingerprint density at radius 1 is 1.25 bits per heavy atom. The average Bonchev–Trinajstić information content (AvgIpc) is 2.21. The number of aliphatic carboxylic acids is 1. The van der Waals surface area contributed by atoms with Crippen molar-refractivity contribution in [3.05, 3.63) is 33.8 Å². The van der Waals surface area contributed by atoms with Gasteiger partial charge < -0.3 is 9.84 Å². The number of hydrogen-bond acceptors (Lipinski definition) is 3. The lowest BCUT2D eigenvalue weighted by atomic mass is 10.1. The molecule has 0 saturated carbocycles. The summed E-state index contributed by atoms with van der Waals surface area (Å²) < 4.78 is 4.66. The molecule has 0 spiro atoms. The van der Waals surface area contributed by atoms with Crippen molar-refractivity contribution in [3.63, 3.8) is 0 Å². The largest absolute Gasteiger partial charge is 0.480 e. The summed E-state index contributed by atoms with van der Waals surface area (Å²) in [7, 11) is 0. The number of hydrogen-bond donors (Lipinski definition) is 1. The second kappa shape index (κ2) is 5.84. The number of carboxylic acid groups (broad SMARTS) is 1. The van der Waals surface area contributed by atoms with Crippen molar-refractivity contribution in [2.75, 3.05) is 13.2 Å². The molecule has 0 aliphatic heterocycles. The van der Waals surface area contributed by atoms with Crippen LogP contribution in [0.1, 0.15) is 10.4 Å². The number of carbonyl (C=O) groups excluding carboxylic acids is 1. The number of ether oxygens (including phenoxy) is 1. The van der Waals surface area contributed by atoms with Crippen LogP contribution in [-0.4, -0.2) is 30.1 Å². The first-order chi connectivity index (χ1) is 7.50. The van der Waals surface area contributed by atoms with Gasteiger partial charge in [0, 0.05) is 10.6 Å². The first-order valence-corrected chi connectivity index (χ1v) is 5.04. The van der Waals surface area contributed by atoms with Crippen LogP contribution in [0.3, 0.4) is 0 Å². The van der Waals surface area contributed by atoms with E-state index in [1.165, 1.54) is 12.1 Å². The molecular weight excluding hydrogens is 255 g/mol. The molecule has 0 radical (unpaired) electrons. The highest BCUT2D eigenvalue weighted by Crippen LogP contribution is 2.20. The molecule has 0 heterocycles. The van der Waals surface area contributed by atoms with Crippen LogP contribution < -0.4 is 0 Å². The molecule has 1 N–H and O–H groups in total. The summed E-state index contributed by atoms with van der Waals surface area (Å²) in [6.45, 7) is -0.865. The minimum Gasteiger partial charge on any atom is -0.480 e. The molecule has 0 aliphatic rings. The standard InChI is InChI=1S/C10H8Cl2O4/c11-6-1-2-8(12)7(3-6)9(13)4-16-5-10(14)15/h1-3H,4-5H2,(H,14,15). The summed E-state index contributed by atoms with van der Waals surface area (Å²) in [6, 6.07) is 4.46. The maximum Gasteiger partial charge on any atom is 0.329 e. The zero-order chi connectivity index (χ0) is 12.1. The maximum atomic E-state index is 11.5. The first kappa shape index (κ1) is 13.0. The van der Waals surface area contributed by atoms with Gasteiger partial charge in [-0.25, -0.2) is 4.79 Å². The molecule has 1 rings (SSSR count). The van der Waals surface area contributed by atoms with Gasteiger partial charge in [-0.1, -0.05) is 23.2 Å². The third kappa shape index (κ3) is 3.81. The Labute approximate surface area is 102 Å². The van der Waals surface area contributed by atoms with Gasteiger partial charge in [-0.2, -0.15) is 0 Å². The number of rotatable bonds is 5. The predicted molar refractivity (Wildman–Crippen MR) is 59.2 cm³/mol. The molecule has 16 heavy (non-hydrogen) atoms. The molecule has 4 nitrogen and oxygen atoms in total. The average molecular weight is 263 g/mol. The van der Waals surface area contributed by atoms with Crippen molar-refractivity contribution in [2.24, 2.45) is 0 Å². The van der Waals surface area contributed by atoms with Gasteiger partial charge in [0.05, 0.1) is 5.02 Å². The maximum absolute atomic E-state index is 11.5. The highest BCUT2D eigenvalue weighted by Gasteiger charge is 2.11. The van der Waals surface area contributed by atoms with Gasteiger partial charge in [-0.05, 0) is 18.2 Å². The number of benzene rings is 1. The van der Waals surface area contributed by atoms with E-state index in [1.54, 1.807) is 6.07 Å². The second-order valence-corrected chi connectivity index (χ2v) is 3.78. The van der Waals surface area contributed by atoms with Crippen LogP contribution in [0.5, 0.6) is 0 Å². The van der Waals surface area contributed by atoms with E-state index in [9.17, 15) is 9.59 Å². The van der Waals surface area contributed by atoms with Gasteiger partial charge in [0.15, 0.2) is 5.78 Å². The quantitative estimate of drug-likeness (QED) is 0.827. The number of carbonyl (C=O) groups is 2. The van der Waals surface area contributed by atoms with Gasteiger partial charge in [0.25, 0.3) is 0 Å². The molecule has 0 saturated heterocycles. The minimum atomic E-state index is -1.13. The van der Waals surface area contributed by atoms with Crippen LogP contribution >= 0.6 is 23.2 Å². The van der Waals surface area contributed by atoms with Crippen molar-refractivity contribution in [1.82, 2.24) is 0 Å². The summed E-state index contributed by atoms with van der Waals surface area (Å²) in [4.78, 5) is 21.7. The first-order valence-electron chi connectivity index (χ1n) is 4.28. The van der Waals surface area contributed by atoms with E-state index in [0.29, 0.717) is 5.02 Å². The summed E-state index contributed by atoms with van der Waals surface area (Å²) in [5, 5.41) is 8.95. The minimum absolute atomic E-state index is 0.222. The van der Waals surface area contributed by atoms with Crippen molar-refractivity contribution in [3.8, 4) is 0 Å². The van der Waals surface area contributed by atoms with Crippen LogP contribution in [0.25, 0.3) is 0 Å². The highest BCUT2D eigenvalue weighted by molar-refractivity contribution is 6.35. The van der Waals surface area contributed by atoms with E-state index >= 15 is 0 Å². The Bertz CT molecular complexity index is 417. The lowest BCUT2D eigenvalue weighted by molar-refractivity contribution is -0.141. The molecule has 0 atom stereocenters. The summed E-state index contributed by atoms with van der Waals surface area (Å²) in [5.41, 5.74) is 0.222. The number of halogens is 2. The highest BCUT2D eigenvalue weighted by atomic mass is 35.5. The van der Waals surface area contributed by atoms with Gasteiger partial charge in [-0.15, -0.1) is 0 Å². The Morgan fingerprint density at radius 2 is 1.94 bits per heavy atom. The van der Waals surface area contributed by atoms with E-state index in [2.05, 4.69) is 4.74 Å². The van der Waals surface area contributed by atoms with Crippen LogP contribution in [-0.2, 0) is 9.53 Å². The Balaban J connectivity index is 2.65. The van der Waals surface area contributed by atoms with E-state index in [1.807, 2.05) is 0 Å². The van der Waals surface area contributed by atoms with E-state index in [0.717, 1.165) is 0 Å². The Kier molecular flexibility index (Phi) is 4.73. The molecule has 86 valence electrons. The molecule has 0 fully saturated rings. The fourth-order valence-corrected chi connectivity index (χ4v) is 1.42. The summed E-state index contributed by atoms with van der Waals surface area (Å²) in [6.07, 6.45) is 0. The zero-order valence-electron chi connectivity index (χ0n) is 8.07. The number of carboxylic acids is 1. The lowest BCUT2D eigenvalue weighted by Gasteiger charge is -2.04. The van der Waals surface area contributed by atoms with Gasteiger partial charge >= 0.3 is 5.97 Å². The molecule has 1 aromatic rings. The molecule has 0 amide bonds. The number of ketones is 1. The van der Waals surface area contributed by atoms with Crippen LogP contribution in [0.2, 0.25) is 10.0 Å². The monoisotopic (exact) mass is 262 g/mol. The Hall–Kier alpha value is -1.10. The van der Waals surface area contributed by atoms with E-state index in [4.69, 9.17) is 28.3 Å². The van der Waals surface area contributed by atoms with Crippen LogP contribution in [0.15, 0.2) is 18.2 Å². The fraction of sp³-hybridized carbons (Fsp3) is 0.200. The lowest BCUT2D eigenvalue weighted by Crippen LogP contribution is -2.14. The van der Waals surface area contributed by atoms with Crippen molar-refractivity contribution in [1.29, 1.82) is 0 Å². The van der Waals surface area contributed by atoms with E-state index < -0.39 is 18.4 Å². The number of Topliss-reactive ketones (excluding diaryl/α,β-unsaturated/α-hetero) is 1. The summed E-state index contributed by atoms with van der Waals surface area (Å²) in [5.74, 6) is -1.54. The topological polar surface area (TPSA) is 63.6 Å². The molecule has 0 aliphatic carbocycles. The van der Waals surface area contributed by atoms with Crippen molar-refractivity contribution < 1.29 is 19.4 Å². The Morgan fingerprint density at radius 3 is 2.56 bits per heavy atom. The molecule has 1 aromatic carbocycles. The normalized spacial score (nSPS) is 10.1. The van der Waals surface area contributed by atoms with Crippen molar-refractivity contribution in [2.45, 2.75) is 0 Å². The van der Waals surface area contributed by atoms with Crippen LogP contribution in [0, 0.1) is 0 Å². The van der Waals surface area contributed by atoms with Gasteiger partial charge in [0.1, 0.15) is 13.2 Å². The molecule has 0 unspecified atom stereocenters.